The van der Waals surface area contributed by atoms with Gasteiger partial charge in [0.2, 0.25) is 0 Å². The number of nitrogens with one attached hydrogen (secondary N) is 1. The minimum Gasteiger partial charge on any atom is -0.305 e. The second kappa shape index (κ2) is 6.57. The number of rotatable bonds is 5. The van der Waals surface area contributed by atoms with Crippen molar-refractivity contribution in [3.05, 3.63) is 42.2 Å². The van der Waals surface area contributed by atoms with Crippen LogP contribution >= 0.6 is 11.6 Å². The van der Waals surface area contributed by atoms with Crippen molar-refractivity contribution >= 4 is 11.6 Å². The summed E-state index contributed by atoms with van der Waals surface area (Å²) in [5.41, 5.74) is 1.06. The van der Waals surface area contributed by atoms with Gasteiger partial charge in [-0.25, -0.2) is 0 Å². The predicted octanol–water partition coefficient (Wildman–Crippen LogP) is 2.53. The third kappa shape index (κ3) is 3.90. The van der Waals surface area contributed by atoms with Crippen molar-refractivity contribution in [1.29, 1.82) is 0 Å². The van der Waals surface area contributed by atoms with Crippen molar-refractivity contribution in [3.63, 3.8) is 0 Å². The van der Waals surface area contributed by atoms with Crippen LogP contribution in [-0.4, -0.2) is 17.4 Å². The molecular weight excluding hydrogens is 196 g/mol. The number of alkyl halides is 1. The molecule has 0 saturated heterocycles. The fourth-order valence-corrected chi connectivity index (χ4v) is 1.25. The second-order valence-corrected chi connectivity index (χ2v) is 3.32. The van der Waals surface area contributed by atoms with Gasteiger partial charge in [-0.2, -0.15) is 0 Å². The molecule has 0 unspecified atom stereocenters. The van der Waals surface area contributed by atoms with E-state index in [2.05, 4.69) is 17.2 Å². The van der Waals surface area contributed by atoms with Crippen LogP contribution in [0.3, 0.4) is 0 Å². The van der Waals surface area contributed by atoms with E-state index in [1.165, 1.54) is 0 Å². The van der Waals surface area contributed by atoms with E-state index >= 15 is 0 Å². The van der Waals surface area contributed by atoms with Crippen molar-refractivity contribution in [3.8, 4) is 0 Å². The van der Waals surface area contributed by atoms with E-state index in [9.17, 15) is 0 Å². The quantitative estimate of drug-likeness (QED) is 0.597. The molecule has 0 spiro atoms. The van der Waals surface area contributed by atoms with Crippen LogP contribution in [0.25, 0.3) is 0 Å². The zero-order chi connectivity index (χ0) is 10.2. The van der Waals surface area contributed by atoms with Crippen LogP contribution in [0, 0.1) is 0 Å². The first-order valence-corrected chi connectivity index (χ1v) is 5.23. The van der Waals surface area contributed by atoms with Crippen LogP contribution in [0.1, 0.15) is 18.7 Å². The Hall–Kier alpha value is -0.860. The molecule has 0 saturated carbocycles. The fraction of sp³-hybridized carbons (Fsp3) is 0.364. The van der Waals surface area contributed by atoms with Crippen molar-refractivity contribution in [2.45, 2.75) is 13.0 Å². The van der Waals surface area contributed by atoms with Gasteiger partial charge < -0.3 is 5.32 Å². The van der Waals surface area contributed by atoms with E-state index < -0.39 is 0 Å². The summed E-state index contributed by atoms with van der Waals surface area (Å²) < 4.78 is 0. The monoisotopic (exact) mass is 210 g/mol. The summed E-state index contributed by atoms with van der Waals surface area (Å²) >= 11 is 5.51. The van der Waals surface area contributed by atoms with Gasteiger partial charge in [0.05, 0.1) is 5.69 Å². The third-order valence-electron chi connectivity index (χ3n) is 1.93. The van der Waals surface area contributed by atoms with Gasteiger partial charge in [-0.15, -0.1) is 11.6 Å². The molecule has 0 aliphatic heterocycles. The maximum Gasteiger partial charge on any atom is 0.0570 e. The summed E-state index contributed by atoms with van der Waals surface area (Å²) in [5.74, 6) is 0.569. The molecule has 0 radical (unpaired) electrons. The first-order valence-electron chi connectivity index (χ1n) is 4.70. The smallest absolute Gasteiger partial charge is 0.0570 e. The molecule has 0 amide bonds. The Bertz CT molecular complexity index is 272. The highest BCUT2D eigenvalue weighted by molar-refractivity contribution is 6.18. The summed E-state index contributed by atoms with van der Waals surface area (Å²) in [6, 6.07) is 6.21. The van der Waals surface area contributed by atoms with E-state index in [0.29, 0.717) is 5.88 Å². The molecular formula is C11H15ClN2. The number of allylic oxidation sites excluding steroid dienone is 1. The molecule has 1 heterocycles. The van der Waals surface area contributed by atoms with Gasteiger partial charge in [0.25, 0.3) is 0 Å². The van der Waals surface area contributed by atoms with Crippen molar-refractivity contribution in [2.24, 2.45) is 0 Å². The zero-order valence-electron chi connectivity index (χ0n) is 8.28. The van der Waals surface area contributed by atoms with Crippen LogP contribution in [0.5, 0.6) is 0 Å². The van der Waals surface area contributed by atoms with Crippen LogP contribution in [0.4, 0.5) is 0 Å². The van der Waals surface area contributed by atoms with E-state index in [1.807, 2.05) is 36.5 Å². The molecule has 0 bridgehead atoms. The molecule has 0 aromatic carbocycles. The lowest BCUT2D eigenvalue weighted by molar-refractivity contribution is 0.601. The van der Waals surface area contributed by atoms with Gasteiger partial charge in [0.1, 0.15) is 0 Å². The van der Waals surface area contributed by atoms with Crippen LogP contribution in [0.2, 0.25) is 0 Å². The van der Waals surface area contributed by atoms with E-state index in [4.69, 9.17) is 11.6 Å². The van der Waals surface area contributed by atoms with E-state index in [0.717, 1.165) is 12.2 Å². The number of pyridine rings is 1. The van der Waals surface area contributed by atoms with Crippen LogP contribution < -0.4 is 5.32 Å². The summed E-state index contributed by atoms with van der Waals surface area (Å²) in [6.07, 6.45) is 5.76. The predicted molar refractivity (Wildman–Crippen MR) is 60.5 cm³/mol. The van der Waals surface area contributed by atoms with Gasteiger partial charge in [-0.3, -0.25) is 4.98 Å². The van der Waals surface area contributed by atoms with Crippen molar-refractivity contribution in [2.75, 3.05) is 12.4 Å². The minimum atomic E-state index is 0.274. The van der Waals surface area contributed by atoms with Gasteiger partial charge in [0, 0.05) is 24.7 Å². The Kier molecular flexibility index (Phi) is 5.27. The van der Waals surface area contributed by atoms with Gasteiger partial charge >= 0.3 is 0 Å². The number of hydrogen-bond acceptors (Lipinski definition) is 2. The maximum absolute atomic E-state index is 5.51. The van der Waals surface area contributed by atoms with E-state index in [1.54, 1.807) is 0 Å². The zero-order valence-corrected chi connectivity index (χ0v) is 9.04. The largest absolute Gasteiger partial charge is 0.305 e. The average Bonchev–Trinajstić information content (AvgIpc) is 2.25. The molecule has 3 heteroatoms. The van der Waals surface area contributed by atoms with Gasteiger partial charge in [-0.05, 0) is 19.1 Å². The van der Waals surface area contributed by atoms with E-state index in [-0.39, 0.29) is 6.04 Å². The lowest BCUT2D eigenvalue weighted by Gasteiger charge is -2.10. The number of halogens is 1. The second-order valence-electron chi connectivity index (χ2n) is 3.01. The number of nitrogens with zero attached hydrogens (tertiary/aromatic N) is 1. The topological polar surface area (TPSA) is 24.9 Å². The number of hydrogen-bond donors (Lipinski definition) is 1. The summed E-state index contributed by atoms with van der Waals surface area (Å²) in [5, 5.41) is 3.33. The first-order chi connectivity index (χ1) is 6.84. The Balaban J connectivity index is 2.36. The molecule has 1 rings (SSSR count). The van der Waals surface area contributed by atoms with Crippen LogP contribution in [0.15, 0.2) is 36.5 Å². The van der Waals surface area contributed by atoms with Crippen LogP contribution in [-0.2, 0) is 0 Å². The maximum atomic E-state index is 5.51. The molecule has 1 atom stereocenters. The minimum absolute atomic E-state index is 0.274. The van der Waals surface area contributed by atoms with Crippen molar-refractivity contribution < 1.29 is 0 Å². The van der Waals surface area contributed by atoms with Gasteiger partial charge in [-0.1, -0.05) is 18.2 Å². The SMILES string of the molecule is C[C@@H](NC/C=C/CCl)c1ccccn1. The average molecular weight is 211 g/mol. The summed E-state index contributed by atoms with van der Waals surface area (Å²) in [4.78, 5) is 4.26. The van der Waals surface area contributed by atoms with Crippen molar-refractivity contribution in [1.82, 2.24) is 10.3 Å². The standard InChI is InChI=1S/C11H15ClN2/c1-10(13-8-5-3-7-12)11-6-2-4-9-14-11/h2-6,9-10,13H,7-8H2,1H3/b5-3+/t10-/m1/s1. The highest BCUT2D eigenvalue weighted by Gasteiger charge is 2.02. The highest BCUT2D eigenvalue weighted by atomic mass is 35.5. The molecule has 0 aliphatic rings. The molecule has 1 aromatic heterocycles. The van der Waals surface area contributed by atoms with Gasteiger partial charge in [0.15, 0.2) is 0 Å². The first kappa shape index (κ1) is 11.2. The summed E-state index contributed by atoms with van der Waals surface area (Å²) in [6.45, 7) is 2.92. The summed E-state index contributed by atoms with van der Waals surface area (Å²) in [7, 11) is 0. The molecule has 0 aliphatic carbocycles. The Morgan fingerprint density at radius 1 is 1.50 bits per heavy atom. The fourth-order valence-electron chi connectivity index (χ4n) is 1.13. The lowest BCUT2D eigenvalue weighted by atomic mass is 10.2. The highest BCUT2D eigenvalue weighted by Crippen LogP contribution is 2.06. The Morgan fingerprint density at radius 3 is 3.00 bits per heavy atom. The Labute approximate surface area is 90.0 Å². The lowest BCUT2D eigenvalue weighted by Crippen LogP contribution is -2.19. The number of aromatic nitrogens is 1. The molecule has 14 heavy (non-hydrogen) atoms. The molecule has 2 nitrogen and oxygen atoms in total. The molecule has 0 fully saturated rings. The molecule has 76 valence electrons. The molecule has 1 N–H and O–H groups in total. The normalized spacial score (nSPS) is 13.3. The molecule has 1 aromatic rings. The Morgan fingerprint density at radius 2 is 2.36 bits per heavy atom. The third-order valence-corrected chi connectivity index (χ3v) is 2.11.